The molecule has 31 heavy (non-hydrogen) atoms. The Morgan fingerprint density at radius 3 is 2.74 bits per heavy atom. The topological polar surface area (TPSA) is 98.9 Å². The number of hydrogen-bond donors (Lipinski definition) is 1. The lowest BCUT2D eigenvalue weighted by Gasteiger charge is -2.14. The zero-order valence-corrected chi connectivity index (χ0v) is 17.2. The molecule has 0 unspecified atom stereocenters. The van der Waals surface area contributed by atoms with E-state index in [0.717, 1.165) is 5.56 Å². The molecule has 0 saturated heterocycles. The fraction of sp³-hybridized carbons (Fsp3) is 0.143. The monoisotopic (exact) mass is 444 g/mol. The highest BCUT2D eigenvalue weighted by molar-refractivity contribution is 6.32. The quantitative estimate of drug-likeness (QED) is 0.276. The van der Waals surface area contributed by atoms with Gasteiger partial charge in [0.2, 0.25) is 5.82 Å². The molecule has 0 aliphatic rings. The van der Waals surface area contributed by atoms with E-state index < -0.39 is 4.92 Å². The minimum Gasteiger partial charge on any atom is -0.490 e. The maximum absolute atomic E-state index is 13.1. The minimum atomic E-state index is -0.553. The third-order valence-electron chi connectivity index (χ3n) is 4.00. The van der Waals surface area contributed by atoms with Crippen molar-refractivity contribution in [1.29, 1.82) is 0 Å². The van der Waals surface area contributed by atoms with Gasteiger partial charge in [0.25, 0.3) is 0 Å². The van der Waals surface area contributed by atoms with Crippen LogP contribution < -0.4 is 14.9 Å². The van der Waals surface area contributed by atoms with Crippen LogP contribution in [0.5, 0.6) is 11.5 Å². The molecule has 0 radical (unpaired) electrons. The van der Waals surface area contributed by atoms with Gasteiger partial charge in [-0.3, -0.25) is 15.5 Å². The van der Waals surface area contributed by atoms with Gasteiger partial charge in [0, 0.05) is 12.3 Å². The summed E-state index contributed by atoms with van der Waals surface area (Å²) in [4.78, 5) is 14.4. The molecule has 3 aromatic rings. The Kier molecular flexibility index (Phi) is 7.34. The number of nitrogens with one attached hydrogen (secondary N) is 1. The maximum atomic E-state index is 13.1. The fourth-order valence-corrected chi connectivity index (χ4v) is 2.87. The second-order valence-electron chi connectivity index (χ2n) is 6.18. The van der Waals surface area contributed by atoms with Crippen LogP contribution in [0.2, 0.25) is 5.02 Å². The summed E-state index contributed by atoms with van der Waals surface area (Å²) < 4.78 is 24.5. The van der Waals surface area contributed by atoms with Crippen LogP contribution >= 0.6 is 11.6 Å². The van der Waals surface area contributed by atoms with Gasteiger partial charge in [-0.2, -0.15) is 5.10 Å². The van der Waals surface area contributed by atoms with Crippen molar-refractivity contribution in [3.8, 4) is 11.5 Å². The van der Waals surface area contributed by atoms with Crippen LogP contribution in [0.3, 0.4) is 0 Å². The molecular formula is C21H18ClFN4O4. The molecule has 1 heterocycles. The molecule has 0 amide bonds. The Balaban J connectivity index is 1.77. The largest absolute Gasteiger partial charge is 0.490 e. The molecule has 10 heteroatoms. The first-order valence-electron chi connectivity index (χ1n) is 9.20. The van der Waals surface area contributed by atoms with Crippen molar-refractivity contribution < 1.29 is 18.8 Å². The number of hydrazone groups is 1. The molecule has 1 aromatic heterocycles. The molecule has 0 atom stereocenters. The van der Waals surface area contributed by atoms with E-state index in [0.29, 0.717) is 28.7 Å². The average Bonchev–Trinajstić information content (AvgIpc) is 2.75. The Morgan fingerprint density at radius 2 is 2.03 bits per heavy atom. The van der Waals surface area contributed by atoms with Crippen molar-refractivity contribution >= 4 is 29.3 Å². The van der Waals surface area contributed by atoms with Crippen molar-refractivity contribution in [3.63, 3.8) is 0 Å². The summed E-state index contributed by atoms with van der Waals surface area (Å²) in [7, 11) is 0. The van der Waals surface area contributed by atoms with Crippen LogP contribution in [0.25, 0.3) is 0 Å². The lowest BCUT2D eigenvalue weighted by atomic mass is 10.2. The number of benzene rings is 2. The van der Waals surface area contributed by atoms with E-state index in [1.54, 1.807) is 24.3 Å². The van der Waals surface area contributed by atoms with E-state index in [2.05, 4.69) is 15.5 Å². The van der Waals surface area contributed by atoms with Crippen molar-refractivity contribution in [2.45, 2.75) is 13.5 Å². The smallest absolute Gasteiger partial charge is 0.313 e. The Labute approximate surface area is 182 Å². The summed E-state index contributed by atoms with van der Waals surface area (Å²) in [6.45, 7) is 2.38. The molecule has 2 aromatic carbocycles. The number of hydrogen-bond acceptors (Lipinski definition) is 7. The normalized spacial score (nSPS) is 10.8. The zero-order chi connectivity index (χ0) is 22.2. The van der Waals surface area contributed by atoms with Gasteiger partial charge >= 0.3 is 5.69 Å². The van der Waals surface area contributed by atoms with E-state index in [1.165, 1.54) is 36.7 Å². The van der Waals surface area contributed by atoms with Gasteiger partial charge in [-0.25, -0.2) is 9.37 Å². The van der Waals surface area contributed by atoms with Crippen LogP contribution in [0.4, 0.5) is 15.9 Å². The molecule has 0 saturated carbocycles. The predicted octanol–water partition coefficient (Wildman–Crippen LogP) is 5.21. The molecule has 0 bridgehead atoms. The first-order valence-corrected chi connectivity index (χ1v) is 9.57. The molecule has 3 rings (SSSR count). The highest BCUT2D eigenvalue weighted by Crippen LogP contribution is 2.37. The van der Waals surface area contributed by atoms with E-state index in [-0.39, 0.29) is 23.9 Å². The first-order chi connectivity index (χ1) is 15.0. The number of aromatic nitrogens is 1. The van der Waals surface area contributed by atoms with Gasteiger partial charge in [0.1, 0.15) is 12.4 Å². The summed E-state index contributed by atoms with van der Waals surface area (Å²) in [5.41, 5.74) is 3.70. The first kappa shape index (κ1) is 22.0. The van der Waals surface area contributed by atoms with Crippen molar-refractivity contribution in [1.82, 2.24) is 4.98 Å². The van der Waals surface area contributed by atoms with E-state index in [1.807, 2.05) is 6.92 Å². The highest BCUT2D eigenvalue weighted by atomic mass is 35.5. The van der Waals surface area contributed by atoms with Crippen molar-refractivity contribution in [2.75, 3.05) is 12.0 Å². The van der Waals surface area contributed by atoms with Gasteiger partial charge in [-0.15, -0.1) is 0 Å². The van der Waals surface area contributed by atoms with Gasteiger partial charge in [0.05, 0.1) is 22.8 Å². The summed E-state index contributed by atoms with van der Waals surface area (Å²) in [6, 6.07) is 12.0. The number of halogens is 2. The number of rotatable bonds is 9. The third kappa shape index (κ3) is 5.89. The molecule has 1 N–H and O–H groups in total. The van der Waals surface area contributed by atoms with Gasteiger partial charge < -0.3 is 9.47 Å². The Morgan fingerprint density at radius 1 is 1.26 bits per heavy atom. The maximum Gasteiger partial charge on any atom is 0.313 e. The molecule has 160 valence electrons. The number of nitro groups is 1. The lowest BCUT2D eigenvalue weighted by molar-refractivity contribution is -0.384. The van der Waals surface area contributed by atoms with Crippen molar-refractivity contribution in [2.24, 2.45) is 5.10 Å². The van der Waals surface area contributed by atoms with E-state index in [4.69, 9.17) is 21.1 Å². The number of anilines is 1. The molecule has 0 aliphatic heterocycles. The van der Waals surface area contributed by atoms with Gasteiger partial charge in [-0.05, 0) is 48.4 Å². The Bertz CT molecular complexity index is 1090. The van der Waals surface area contributed by atoms with Crippen LogP contribution in [-0.2, 0) is 6.61 Å². The number of ether oxygens (including phenoxy) is 2. The second kappa shape index (κ2) is 10.4. The predicted molar refractivity (Wildman–Crippen MR) is 115 cm³/mol. The molecule has 0 spiro atoms. The number of pyridine rings is 1. The van der Waals surface area contributed by atoms with Crippen LogP contribution in [0.1, 0.15) is 18.1 Å². The van der Waals surface area contributed by atoms with Crippen LogP contribution in [-0.4, -0.2) is 22.7 Å². The summed E-state index contributed by atoms with van der Waals surface area (Å²) in [5.74, 6) is 0.435. The zero-order valence-electron chi connectivity index (χ0n) is 16.4. The third-order valence-corrected chi connectivity index (χ3v) is 4.28. The van der Waals surface area contributed by atoms with Gasteiger partial charge in [0.15, 0.2) is 11.5 Å². The van der Waals surface area contributed by atoms with Crippen LogP contribution in [0.15, 0.2) is 59.8 Å². The second-order valence-corrected chi connectivity index (χ2v) is 6.58. The van der Waals surface area contributed by atoms with E-state index in [9.17, 15) is 14.5 Å². The molecule has 8 nitrogen and oxygen atoms in total. The summed E-state index contributed by atoms with van der Waals surface area (Å²) >= 11 is 6.38. The van der Waals surface area contributed by atoms with E-state index >= 15 is 0 Å². The number of nitrogens with zero attached hydrogens (tertiary/aromatic N) is 3. The van der Waals surface area contributed by atoms with Crippen LogP contribution in [0, 0.1) is 15.9 Å². The fourth-order valence-electron chi connectivity index (χ4n) is 2.60. The standard InChI is InChI=1S/C21H18ClFN4O4/c1-2-30-19-11-15(12-25-26-21-18(27(28)29)4-3-9-24-21)10-17(22)20(19)31-13-14-5-7-16(23)8-6-14/h3-12H,2,13H2,1H3,(H,24,26)/b25-12-. The Hall–Kier alpha value is -3.72. The average molecular weight is 445 g/mol. The summed E-state index contributed by atoms with van der Waals surface area (Å²) in [5, 5.41) is 15.3. The molecule has 0 fully saturated rings. The minimum absolute atomic E-state index is 0.0131. The molecular weight excluding hydrogens is 427 g/mol. The SMILES string of the molecule is CCOc1cc(/C=N\Nc2ncccc2[N+](=O)[O-])cc(Cl)c1OCc1ccc(F)cc1. The van der Waals surface area contributed by atoms with Gasteiger partial charge in [-0.1, -0.05) is 23.7 Å². The summed E-state index contributed by atoms with van der Waals surface area (Å²) in [6.07, 6.45) is 2.85. The molecule has 0 aliphatic carbocycles. The lowest BCUT2D eigenvalue weighted by Crippen LogP contribution is -2.02. The van der Waals surface area contributed by atoms with Crippen molar-refractivity contribution in [3.05, 3.63) is 86.8 Å². The highest BCUT2D eigenvalue weighted by Gasteiger charge is 2.14.